The van der Waals surface area contributed by atoms with E-state index in [1.165, 1.54) is 6.07 Å². The van der Waals surface area contributed by atoms with Gasteiger partial charge in [-0.3, -0.25) is 14.4 Å². The topological polar surface area (TPSA) is 109 Å². The van der Waals surface area contributed by atoms with E-state index in [4.69, 9.17) is 9.52 Å². The van der Waals surface area contributed by atoms with Crippen molar-refractivity contribution in [2.24, 2.45) is 5.92 Å². The first-order valence-corrected chi connectivity index (χ1v) is 7.32. The molecular weight excluding hydrogens is 344 g/mol. The fourth-order valence-corrected chi connectivity index (χ4v) is 2.68. The first-order valence-electron chi connectivity index (χ1n) is 6.53. The standard InChI is InChI=1S/C13H15BrN2O5/c14-10-5-4-9(21-10)12(18)15-6-11(17)16-8-3-1-2-7(8)13(19)20/h4-5,7-8H,1-3,6H2,(H,15,18)(H,16,17)(H,19,20). The van der Waals surface area contributed by atoms with Crippen LogP contribution < -0.4 is 10.6 Å². The summed E-state index contributed by atoms with van der Waals surface area (Å²) in [6.07, 6.45) is 1.98. The number of carbonyl (C=O) groups excluding carboxylic acids is 2. The van der Waals surface area contributed by atoms with E-state index in [-0.39, 0.29) is 18.3 Å². The average molecular weight is 359 g/mol. The van der Waals surface area contributed by atoms with Crippen molar-refractivity contribution in [2.75, 3.05) is 6.54 Å². The SMILES string of the molecule is O=C(CNC(=O)c1ccc(Br)o1)NC1CCCC1C(=O)O. The first-order chi connectivity index (χ1) is 9.97. The molecular formula is C13H15BrN2O5. The molecule has 0 bridgehead atoms. The second kappa shape index (κ2) is 6.75. The molecule has 21 heavy (non-hydrogen) atoms. The van der Waals surface area contributed by atoms with Gasteiger partial charge in [-0.05, 0) is 40.9 Å². The quantitative estimate of drug-likeness (QED) is 0.731. The van der Waals surface area contributed by atoms with Crippen LogP contribution in [-0.4, -0.2) is 35.5 Å². The van der Waals surface area contributed by atoms with Crippen molar-refractivity contribution in [1.29, 1.82) is 0 Å². The Bertz CT molecular complexity index is 557. The predicted octanol–water partition coefficient (Wildman–Crippen LogP) is 1.14. The van der Waals surface area contributed by atoms with Crippen LogP contribution in [0, 0.1) is 5.92 Å². The third-order valence-corrected chi connectivity index (χ3v) is 3.81. The van der Waals surface area contributed by atoms with Crippen molar-refractivity contribution in [3.05, 3.63) is 22.6 Å². The van der Waals surface area contributed by atoms with Crippen LogP contribution in [0.1, 0.15) is 29.8 Å². The largest absolute Gasteiger partial charge is 0.481 e. The number of hydrogen-bond acceptors (Lipinski definition) is 4. The van der Waals surface area contributed by atoms with Crippen molar-refractivity contribution in [3.8, 4) is 0 Å². The number of carbonyl (C=O) groups is 3. The first kappa shape index (κ1) is 15.6. The van der Waals surface area contributed by atoms with Gasteiger partial charge < -0.3 is 20.2 Å². The maximum absolute atomic E-state index is 11.7. The number of carboxylic acids is 1. The van der Waals surface area contributed by atoms with Gasteiger partial charge in [-0.25, -0.2) is 0 Å². The minimum atomic E-state index is -0.901. The summed E-state index contributed by atoms with van der Waals surface area (Å²) in [5, 5.41) is 14.1. The van der Waals surface area contributed by atoms with Crippen LogP contribution >= 0.6 is 15.9 Å². The molecule has 1 aromatic rings. The van der Waals surface area contributed by atoms with Crippen LogP contribution in [0.25, 0.3) is 0 Å². The molecule has 1 saturated carbocycles. The summed E-state index contributed by atoms with van der Waals surface area (Å²) >= 11 is 3.08. The Labute approximate surface area is 129 Å². The van der Waals surface area contributed by atoms with E-state index >= 15 is 0 Å². The molecule has 1 heterocycles. The van der Waals surface area contributed by atoms with E-state index in [1.54, 1.807) is 6.07 Å². The Morgan fingerprint density at radius 2 is 2.10 bits per heavy atom. The zero-order valence-corrected chi connectivity index (χ0v) is 12.7. The Morgan fingerprint density at radius 1 is 1.33 bits per heavy atom. The lowest BCUT2D eigenvalue weighted by atomic mass is 10.0. The number of halogens is 1. The number of hydrogen-bond donors (Lipinski definition) is 3. The summed E-state index contributed by atoms with van der Waals surface area (Å²) in [4.78, 5) is 34.4. The van der Waals surface area contributed by atoms with Crippen LogP contribution in [0.2, 0.25) is 0 Å². The van der Waals surface area contributed by atoms with E-state index in [1.807, 2.05) is 0 Å². The maximum atomic E-state index is 11.7. The molecule has 8 heteroatoms. The molecule has 7 nitrogen and oxygen atoms in total. The Hall–Kier alpha value is -1.83. The van der Waals surface area contributed by atoms with Gasteiger partial charge in [0.25, 0.3) is 5.91 Å². The highest BCUT2D eigenvalue weighted by Crippen LogP contribution is 2.25. The summed E-state index contributed by atoms with van der Waals surface area (Å²) in [7, 11) is 0. The molecule has 2 rings (SSSR count). The normalized spacial score (nSPS) is 21.0. The second-order valence-corrected chi connectivity index (χ2v) is 5.62. The monoisotopic (exact) mass is 358 g/mol. The summed E-state index contributed by atoms with van der Waals surface area (Å²) in [5.74, 6) is -2.27. The Morgan fingerprint density at radius 3 is 2.71 bits per heavy atom. The summed E-state index contributed by atoms with van der Waals surface area (Å²) in [6, 6.07) is 2.68. The number of aliphatic carboxylic acids is 1. The highest BCUT2D eigenvalue weighted by Gasteiger charge is 2.33. The smallest absolute Gasteiger partial charge is 0.308 e. The van der Waals surface area contributed by atoms with Crippen molar-refractivity contribution in [3.63, 3.8) is 0 Å². The lowest BCUT2D eigenvalue weighted by molar-refractivity contribution is -0.142. The van der Waals surface area contributed by atoms with E-state index in [9.17, 15) is 14.4 Å². The van der Waals surface area contributed by atoms with Gasteiger partial charge in [-0.15, -0.1) is 0 Å². The molecule has 0 spiro atoms. The molecule has 3 N–H and O–H groups in total. The molecule has 2 unspecified atom stereocenters. The number of nitrogens with one attached hydrogen (secondary N) is 2. The molecule has 0 saturated heterocycles. The van der Waals surface area contributed by atoms with E-state index in [0.717, 1.165) is 6.42 Å². The highest BCUT2D eigenvalue weighted by atomic mass is 79.9. The summed E-state index contributed by atoms with van der Waals surface area (Å²) in [5.41, 5.74) is 0. The minimum Gasteiger partial charge on any atom is -0.481 e. The van der Waals surface area contributed by atoms with Gasteiger partial charge in [0.2, 0.25) is 5.91 Å². The molecule has 1 aliphatic carbocycles. The highest BCUT2D eigenvalue weighted by molar-refractivity contribution is 9.10. The van der Waals surface area contributed by atoms with Crippen molar-refractivity contribution < 1.29 is 23.9 Å². The lowest BCUT2D eigenvalue weighted by Crippen LogP contribution is -2.44. The summed E-state index contributed by atoms with van der Waals surface area (Å²) in [6.45, 7) is -0.222. The lowest BCUT2D eigenvalue weighted by Gasteiger charge is -2.17. The van der Waals surface area contributed by atoms with E-state index < -0.39 is 23.7 Å². The molecule has 114 valence electrons. The van der Waals surface area contributed by atoms with Crippen LogP contribution in [0.15, 0.2) is 21.2 Å². The maximum Gasteiger partial charge on any atom is 0.308 e. The predicted molar refractivity (Wildman–Crippen MR) is 75.6 cm³/mol. The molecule has 1 aliphatic rings. The van der Waals surface area contributed by atoms with Gasteiger partial charge in [0.15, 0.2) is 10.4 Å². The van der Waals surface area contributed by atoms with Crippen LogP contribution in [0.3, 0.4) is 0 Å². The van der Waals surface area contributed by atoms with Crippen LogP contribution in [-0.2, 0) is 9.59 Å². The van der Waals surface area contributed by atoms with Gasteiger partial charge in [-0.2, -0.15) is 0 Å². The number of carboxylic acid groups (broad SMARTS) is 1. The zero-order chi connectivity index (χ0) is 15.4. The molecule has 0 aliphatic heterocycles. The molecule has 0 radical (unpaired) electrons. The van der Waals surface area contributed by atoms with Gasteiger partial charge in [0.05, 0.1) is 12.5 Å². The van der Waals surface area contributed by atoms with E-state index in [0.29, 0.717) is 17.5 Å². The fourth-order valence-electron chi connectivity index (χ4n) is 2.37. The van der Waals surface area contributed by atoms with Crippen LogP contribution in [0.4, 0.5) is 0 Å². The third kappa shape index (κ3) is 4.07. The molecule has 2 amide bonds. The number of rotatable bonds is 5. The van der Waals surface area contributed by atoms with Gasteiger partial charge >= 0.3 is 5.97 Å². The van der Waals surface area contributed by atoms with Crippen molar-refractivity contribution in [1.82, 2.24) is 10.6 Å². The zero-order valence-electron chi connectivity index (χ0n) is 11.1. The van der Waals surface area contributed by atoms with Crippen molar-refractivity contribution >= 4 is 33.7 Å². The average Bonchev–Trinajstić information content (AvgIpc) is 3.05. The minimum absolute atomic E-state index is 0.0963. The third-order valence-electron chi connectivity index (χ3n) is 3.39. The number of amides is 2. The van der Waals surface area contributed by atoms with Gasteiger partial charge in [-0.1, -0.05) is 6.42 Å². The van der Waals surface area contributed by atoms with E-state index in [2.05, 4.69) is 26.6 Å². The molecule has 1 fully saturated rings. The molecule has 1 aromatic heterocycles. The fraction of sp³-hybridized carbons (Fsp3) is 0.462. The van der Waals surface area contributed by atoms with Crippen LogP contribution in [0.5, 0.6) is 0 Å². The van der Waals surface area contributed by atoms with Gasteiger partial charge in [0.1, 0.15) is 0 Å². The molecule has 2 atom stereocenters. The van der Waals surface area contributed by atoms with Gasteiger partial charge in [0, 0.05) is 6.04 Å². The molecule has 0 aromatic carbocycles. The number of furan rings is 1. The Balaban J connectivity index is 1.80. The second-order valence-electron chi connectivity index (χ2n) is 4.84. The Kier molecular flexibility index (Phi) is 5.00. The van der Waals surface area contributed by atoms with Crippen molar-refractivity contribution in [2.45, 2.75) is 25.3 Å². The summed E-state index contributed by atoms with van der Waals surface area (Å²) < 4.78 is 5.48.